The van der Waals surface area contributed by atoms with Crippen molar-refractivity contribution in [3.05, 3.63) is 66.2 Å². The zero-order valence-corrected chi connectivity index (χ0v) is 13.8. The lowest BCUT2D eigenvalue weighted by Gasteiger charge is -2.23. The highest BCUT2D eigenvalue weighted by Gasteiger charge is 2.37. The highest BCUT2D eigenvalue weighted by atomic mass is 19.1. The number of rotatable bonds is 4. The molecule has 0 radical (unpaired) electrons. The average molecular weight is 339 g/mol. The van der Waals surface area contributed by atoms with Gasteiger partial charge in [0.15, 0.2) is 0 Å². The zero-order chi connectivity index (χ0) is 17.8. The van der Waals surface area contributed by atoms with Gasteiger partial charge < -0.3 is 9.80 Å². The molecule has 128 valence electrons. The molecule has 1 fully saturated rings. The van der Waals surface area contributed by atoms with Crippen LogP contribution < -0.4 is 4.90 Å². The van der Waals surface area contributed by atoms with Crippen molar-refractivity contribution in [3.8, 4) is 0 Å². The van der Waals surface area contributed by atoms with Crippen LogP contribution in [0.2, 0.25) is 0 Å². The smallest absolute Gasteiger partial charge is 0.249 e. The first-order valence-electron chi connectivity index (χ1n) is 7.99. The second-order valence-electron chi connectivity index (χ2n) is 5.81. The molecule has 0 saturated carbocycles. The minimum atomic E-state index is -0.592. The molecule has 1 unspecified atom stereocenters. The van der Waals surface area contributed by atoms with Crippen molar-refractivity contribution in [2.75, 3.05) is 18.5 Å². The number of likely N-dealkylation sites (N-methyl/N-ethyl adjacent to an activating group) is 1. The Morgan fingerprint density at radius 2 is 2.12 bits per heavy atom. The Bertz CT molecular complexity index is 807. The molecule has 2 amide bonds. The molecule has 0 N–H and O–H groups in total. The fourth-order valence-electron chi connectivity index (χ4n) is 2.85. The molecule has 2 aromatic rings. The van der Waals surface area contributed by atoms with Crippen LogP contribution in [0.15, 0.2) is 54.9 Å². The van der Waals surface area contributed by atoms with Crippen LogP contribution in [-0.2, 0) is 9.59 Å². The summed E-state index contributed by atoms with van der Waals surface area (Å²) < 4.78 is 13.9. The molecule has 3 rings (SSSR count). The summed E-state index contributed by atoms with van der Waals surface area (Å²) in [5, 5.41) is 0. The molecule has 5 nitrogen and oxygen atoms in total. The molecule has 1 atom stereocenters. The molecule has 0 aliphatic carbocycles. The van der Waals surface area contributed by atoms with Gasteiger partial charge in [0.25, 0.3) is 0 Å². The Kier molecular flexibility index (Phi) is 4.88. The summed E-state index contributed by atoms with van der Waals surface area (Å²) >= 11 is 0. The lowest BCUT2D eigenvalue weighted by molar-refractivity contribution is -0.132. The SMILES string of the molecule is CN(C(=O)/C=C/c1cccnc1)C1CCN(c2ccccc2F)C1=O. The minimum absolute atomic E-state index is 0.252. The van der Waals surface area contributed by atoms with E-state index in [-0.39, 0.29) is 17.5 Å². The Hall–Kier alpha value is -3.02. The summed E-state index contributed by atoms with van der Waals surface area (Å²) in [6.07, 6.45) is 6.83. The Morgan fingerprint density at radius 1 is 1.32 bits per heavy atom. The first-order valence-corrected chi connectivity index (χ1v) is 7.99. The molecule has 0 spiro atoms. The zero-order valence-electron chi connectivity index (χ0n) is 13.8. The highest BCUT2D eigenvalue weighted by molar-refractivity contribution is 6.03. The van der Waals surface area contributed by atoms with Crippen LogP contribution in [-0.4, -0.2) is 41.3 Å². The Morgan fingerprint density at radius 3 is 2.84 bits per heavy atom. The summed E-state index contributed by atoms with van der Waals surface area (Å²) in [7, 11) is 1.59. The van der Waals surface area contributed by atoms with E-state index in [1.54, 1.807) is 49.8 Å². The van der Waals surface area contributed by atoms with Gasteiger partial charge in [0.05, 0.1) is 5.69 Å². The Balaban J connectivity index is 1.70. The number of nitrogens with zero attached hydrogens (tertiary/aromatic N) is 3. The fourth-order valence-corrected chi connectivity index (χ4v) is 2.85. The van der Waals surface area contributed by atoms with Gasteiger partial charge in [-0.1, -0.05) is 18.2 Å². The van der Waals surface area contributed by atoms with Crippen LogP contribution >= 0.6 is 0 Å². The second kappa shape index (κ2) is 7.25. The number of pyridine rings is 1. The second-order valence-corrected chi connectivity index (χ2v) is 5.81. The minimum Gasteiger partial charge on any atom is -0.330 e. The van der Waals surface area contributed by atoms with Gasteiger partial charge in [-0.3, -0.25) is 14.6 Å². The molecule has 1 aromatic heterocycles. The van der Waals surface area contributed by atoms with Crippen LogP contribution in [0.25, 0.3) is 6.08 Å². The van der Waals surface area contributed by atoms with Crippen molar-refractivity contribution in [2.24, 2.45) is 0 Å². The van der Waals surface area contributed by atoms with E-state index < -0.39 is 11.9 Å². The van der Waals surface area contributed by atoms with E-state index in [0.717, 1.165) is 5.56 Å². The summed E-state index contributed by atoms with van der Waals surface area (Å²) in [4.78, 5) is 31.7. The first-order chi connectivity index (χ1) is 12.1. The maximum atomic E-state index is 13.9. The molecule has 0 bridgehead atoms. The number of halogens is 1. The van der Waals surface area contributed by atoms with Crippen LogP contribution in [0.5, 0.6) is 0 Å². The van der Waals surface area contributed by atoms with Gasteiger partial charge in [0, 0.05) is 32.1 Å². The van der Waals surface area contributed by atoms with Gasteiger partial charge in [0.2, 0.25) is 11.8 Å². The van der Waals surface area contributed by atoms with Crippen molar-refractivity contribution in [2.45, 2.75) is 12.5 Å². The third-order valence-corrected chi connectivity index (χ3v) is 4.24. The lowest BCUT2D eigenvalue weighted by atomic mass is 10.2. The normalized spacial score (nSPS) is 17.3. The van der Waals surface area contributed by atoms with Crippen molar-refractivity contribution >= 4 is 23.6 Å². The Labute approximate surface area is 145 Å². The quantitative estimate of drug-likeness (QED) is 0.804. The van der Waals surface area contributed by atoms with E-state index in [1.165, 1.54) is 21.9 Å². The van der Waals surface area contributed by atoms with Crippen LogP contribution in [0.1, 0.15) is 12.0 Å². The third kappa shape index (κ3) is 3.57. The van der Waals surface area contributed by atoms with E-state index in [0.29, 0.717) is 13.0 Å². The maximum Gasteiger partial charge on any atom is 0.249 e. The van der Waals surface area contributed by atoms with Gasteiger partial charge in [-0.05, 0) is 36.3 Å². The molecule has 25 heavy (non-hydrogen) atoms. The van der Waals surface area contributed by atoms with Gasteiger partial charge in [0.1, 0.15) is 11.9 Å². The van der Waals surface area contributed by atoms with Gasteiger partial charge in [-0.25, -0.2) is 4.39 Å². The fraction of sp³-hybridized carbons (Fsp3) is 0.211. The van der Waals surface area contributed by atoms with Crippen molar-refractivity contribution in [1.29, 1.82) is 0 Å². The number of amides is 2. The van der Waals surface area contributed by atoms with Gasteiger partial charge in [-0.2, -0.15) is 0 Å². The predicted molar refractivity (Wildman–Crippen MR) is 93.2 cm³/mol. The monoisotopic (exact) mass is 339 g/mol. The van der Waals surface area contributed by atoms with Crippen LogP contribution in [0, 0.1) is 5.82 Å². The number of hydrogen-bond acceptors (Lipinski definition) is 3. The molecule has 2 heterocycles. The number of aromatic nitrogens is 1. The summed E-state index contributed by atoms with van der Waals surface area (Å²) in [5.74, 6) is -0.990. The first kappa shape index (κ1) is 16.8. The molecule has 1 aromatic carbocycles. The summed E-state index contributed by atoms with van der Waals surface area (Å²) in [6, 6.07) is 9.17. The van der Waals surface area contributed by atoms with Crippen molar-refractivity contribution in [1.82, 2.24) is 9.88 Å². The van der Waals surface area contributed by atoms with Gasteiger partial charge >= 0.3 is 0 Å². The third-order valence-electron chi connectivity index (χ3n) is 4.24. The molecule has 1 aliphatic heterocycles. The average Bonchev–Trinajstić information content (AvgIpc) is 3.01. The molecule has 6 heteroatoms. The van der Waals surface area contributed by atoms with E-state index >= 15 is 0 Å². The van der Waals surface area contributed by atoms with E-state index in [9.17, 15) is 14.0 Å². The van der Waals surface area contributed by atoms with Crippen molar-refractivity contribution in [3.63, 3.8) is 0 Å². The molecular formula is C19H18FN3O2. The number of carbonyl (C=O) groups excluding carboxylic acids is 2. The number of carbonyl (C=O) groups is 2. The molecule has 1 aliphatic rings. The number of anilines is 1. The largest absolute Gasteiger partial charge is 0.330 e. The topological polar surface area (TPSA) is 53.5 Å². The van der Waals surface area contributed by atoms with E-state index in [1.807, 2.05) is 6.07 Å². The number of benzene rings is 1. The standard InChI is InChI=1S/C19H18FN3O2/c1-22(18(24)9-8-14-5-4-11-21-13-14)17-10-12-23(19(17)25)16-7-3-2-6-15(16)20/h2-9,11,13,17H,10,12H2,1H3/b9-8+. The lowest BCUT2D eigenvalue weighted by Crippen LogP contribution is -2.42. The summed E-state index contributed by atoms with van der Waals surface area (Å²) in [6.45, 7) is 0.383. The van der Waals surface area contributed by atoms with Crippen LogP contribution in [0.4, 0.5) is 10.1 Å². The van der Waals surface area contributed by atoms with Crippen molar-refractivity contribution < 1.29 is 14.0 Å². The molecule has 1 saturated heterocycles. The number of hydrogen-bond donors (Lipinski definition) is 0. The maximum absolute atomic E-state index is 13.9. The summed E-state index contributed by atoms with van der Waals surface area (Å²) in [5.41, 5.74) is 1.05. The van der Waals surface area contributed by atoms with E-state index in [4.69, 9.17) is 0 Å². The predicted octanol–water partition coefficient (Wildman–Crippen LogP) is 2.50. The molecular weight excluding hydrogens is 321 g/mol. The van der Waals surface area contributed by atoms with E-state index in [2.05, 4.69) is 4.98 Å². The number of para-hydroxylation sites is 1. The highest BCUT2D eigenvalue weighted by Crippen LogP contribution is 2.26. The van der Waals surface area contributed by atoms with Crippen LogP contribution in [0.3, 0.4) is 0 Å². The van der Waals surface area contributed by atoms with Gasteiger partial charge in [-0.15, -0.1) is 0 Å².